The van der Waals surface area contributed by atoms with Gasteiger partial charge >= 0.3 is 5.97 Å². The first-order valence-corrected chi connectivity index (χ1v) is 11.6. The summed E-state index contributed by atoms with van der Waals surface area (Å²) >= 11 is 0. The number of aromatic nitrogens is 1. The van der Waals surface area contributed by atoms with Gasteiger partial charge in [-0.05, 0) is 49.6 Å². The van der Waals surface area contributed by atoms with Gasteiger partial charge < -0.3 is 20.7 Å². The predicted octanol–water partition coefficient (Wildman–Crippen LogP) is 3.01. The Balaban J connectivity index is 1.56. The van der Waals surface area contributed by atoms with Gasteiger partial charge in [0.15, 0.2) is 0 Å². The van der Waals surface area contributed by atoms with E-state index in [0.717, 1.165) is 37.3 Å². The topological polar surface area (TPSA) is 122 Å². The van der Waals surface area contributed by atoms with E-state index in [1.807, 2.05) is 6.07 Å². The third-order valence-electron chi connectivity index (χ3n) is 5.30. The van der Waals surface area contributed by atoms with Crippen molar-refractivity contribution < 1.29 is 19.1 Å². The van der Waals surface area contributed by atoms with Crippen molar-refractivity contribution in [1.82, 2.24) is 15.6 Å². The first-order chi connectivity index (χ1) is 16.5. The van der Waals surface area contributed by atoms with Crippen molar-refractivity contribution in [3.8, 4) is 0 Å². The second-order valence-electron chi connectivity index (χ2n) is 7.94. The number of carbonyl (C=O) groups excluding carboxylic acids is 3. The number of ether oxygens (including phenoxy) is 1. The summed E-state index contributed by atoms with van der Waals surface area (Å²) in [7, 11) is 0. The van der Waals surface area contributed by atoms with E-state index in [0.29, 0.717) is 11.1 Å². The third kappa shape index (κ3) is 7.99. The molecule has 1 aliphatic heterocycles. The van der Waals surface area contributed by atoms with Crippen molar-refractivity contribution in [3.63, 3.8) is 0 Å². The van der Waals surface area contributed by atoms with Crippen LogP contribution in [0.2, 0.25) is 0 Å². The van der Waals surface area contributed by atoms with Crippen LogP contribution in [-0.2, 0) is 14.3 Å². The molecule has 0 radical (unpaired) electrons. The molecule has 2 amide bonds. The van der Waals surface area contributed by atoms with Gasteiger partial charge in [-0.3, -0.25) is 24.4 Å². The van der Waals surface area contributed by atoms with Crippen molar-refractivity contribution >= 4 is 29.3 Å². The molecule has 9 nitrogen and oxygen atoms in total. The number of amides is 2. The van der Waals surface area contributed by atoms with Crippen molar-refractivity contribution in [2.75, 3.05) is 25.0 Å². The molecule has 1 aromatic heterocycles. The van der Waals surface area contributed by atoms with Gasteiger partial charge in [-0.25, -0.2) is 0 Å². The molecule has 0 bridgehead atoms. The van der Waals surface area contributed by atoms with E-state index in [1.165, 1.54) is 6.42 Å². The van der Waals surface area contributed by atoms with E-state index in [2.05, 4.69) is 25.9 Å². The highest BCUT2D eigenvalue weighted by atomic mass is 16.5. The third-order valence-corrected chi connectivity index (χ3v) is 5.30. The molecule has 1 atom stereocenters. The molecule has 9 heteroatoms. The summed E-state index contributed by atoms with van der Waals surface area (Å²) in [5.41, 5.74) is 1.89. The summed E-state index contributed by atoms with van der Waals surface area (Å²) in [6.07, 6.45) is 7.41. The van der Waals surface area contributed by atoms with Crippen LogP contribution in [0.25, 0.3) is 0 Å². The SMILES string of the molecule is CCOC(=O)CC(NC(=O)CNC(=O)c1cccc(NC2=NCCCCC2)c1)c1cccnc1. The molecule has 34 heavy (non-hydrogen) atoms. The van der Waals surface area contributed by atoms with Crippen molar-refractivity contribution in [2.45, 2.75) is 45.1 Å². The number of amidine groups is 1. The summed E-state index contributed by atoms with van der Waals surface area (Å²) in [6, 6.07) is 9.98. The van der Waals surface area contributed by atoms with Gasteiger partial charge in [0.05, 0.1) is 25.6 Å². The van der Waals surface area contributed by atoms with Crippen molar-refractivity contribution in [1.29, 1.82) is 0 Å². The normalized spacial score (nSPS) is 14.2. The van der Waals surface area contributed by atoms with Crippen LogP contribution in [0.1, 0.15) is 61.0 Å². The van der Waals surface area contributed by atoms with Crippen molar-refractivity contribution in [2.24, 2.45) is 4.99 Å². The Morgan fingerprint density at radius 3 is 2.79 bits per heavy atom. The number of nitrogens with one attached hydrogen (secondary N) is 3. The molecule has 1 aliphatic rings. The van der Waals surface area contributed by atoms with Gasteiger partial charge in [0.2, 0.25) is 5.91 Å². The molecule has 0 aliphatic carbocycles. The molecular weight excluding hydrogens is 434 g/mol. The van der Waals surface area contributed by atoms with Crippen LogP contribution in [0.15, 0.2) is 53.8 Å². The molecule has 2 heterocycles. The van der Waals surface area contributed by atoms with Crippen LogP contribution < -0.4 is 16.0 Å². The summed E-state index contributed by atoms with van der Waals surface area (Å²) < 4.78 is 5.01. The summed E-state index contributed by atoms with van der Waals surface area (Å²) in [5, 5.41) is 8.71. The van der Waals surface area contributed by atoms with Gasteiger partial charge in [-0.1, -0.05) is 18.6 Å². The van der Waals surface area contributed by atoms with Crippen LogP contribution >= 0.6 is 0 Å². The van der Waals surface area contributed by atoms with E-state index >= 15 is 0 Å². The minimum absolute atomic E-state index is 0.0309. The number of benzene rings is 1. The number of pyridine rings is 1. The lowest BCUT2D eigenvalue weighted by molar-refractivity contribution is -0.143. The smallest absolute Gasteiger partial charge is 0.308 e. The predicted molar refractivity (Wildman–Crippen MR) is 130 cm³/mol. The molecule has 3 rings (SSSR count). The fourth-order valence-electron chi connectivity index (χ4n) is 3.61. The lowest BCUT2D eigenvalue weighted by Gasteiger charge is -2.18. The Hall–Kier alpha value is -3.75. The van der Waals surface area contributed by atoms with Gasteiger partial charge in [-0.2, -0.15) is 0 Å². The van der Waals surface area contributed by atoms with Crippen LogP contribution in [-0.4, -0.2) is 48.3 Å². The first-order valence-electron chi connectivity index (χ1n) is 11.6. The lowest BCUT2D eigenvalue weighted by Crippen LogP contribution is -2.39. The quantitative estimate of drug-likeness (QED) is 0.490. The Bertz CT molecular complexity index is 1010. The number of aliphatic imine (C=N–C) groups is 1. The van der Waals surface area contributed by atoms with E-state index < -0.39 is 17.9 Å². The summed E-state index contributed by atoms with van der Waals surface area (Å²) in [5.74, 6) is -0.292. The van der Waals surface area contributed by atoms with E-state index in [9.17, 15) is 14.4 Å². The number of rotatable bonds is 9. The zero-order valence-corrected chi connectivity index (χ0v) is 19.4. The van der Waals surface area contributed by atoms with Gasteiger partial charge in [0, 0.05) is 36.6 Å². The van der Waals surface area contributed by atoms with E-state index in [1.54, 1.807) is 49.6 Å². The van der Waals surface area contributed by atoms with E-state index in [-0.39, 0.29) is 25.5 Å². The molecule has 3 N–H and O–H groups in total. The average molecular weight is 466 g/mol. The first kappa shape index (κ1) is 24.9. The maximum absolute atomic E-state index is 12.6. The molecular formula is C25H31N5O4. The minimum atomic E-state index is -0.606. The zero-order valence-electron chi connectivity index (χ0n) is 19.4. The lowest BCUT2D eigenvalue weighted by atomic mass is 10.1. The molecule has 1 aromatic carbocycles. The molecule has 0 saturated carbocycles. The number of anilines is 1. The monoisotopic (exact) mass is 465 g/mol. The zero-order chi connectivity index (χ0) is 24.2. The van der Waals surface area contributed by atoms with Gasteiger partial charge in [-0.15, -0.1) is 0 Å². The molecule has 2 aromatic rings. The highest BCUT2D eigenvalue weighted by molar-refractivity contribution is 5.99. The second-order valence-corrected chi connectivity index (χ2v) is 7.94. The average Bonchev–Trinajstić information content (AvgIpc) is 3.11. The van der Waals surface area contributed by atoms with Gasteiger partial charge in [0.1, 0.15) is 5.84 Å². The Labute approximate surface area is 199 Å². The Morgan fingerprint density at radius 1 is 1.12 bits per heavy atom. The fourth-order valence-corrected chi connectivity index (χ4v) is 3.61. The summed E-state index contributed by atoms with van der Waals surface area (Å²) in [6.45, 7) is 2.56. The fraction of sp³-hybridized carbons (Fsp3) is 0.400. The maximum atomic E-state index is 12.6. The Kier molecular flexibility index (Phi) is 9.57. The van der Waals surface area contributed by atoms with Crippen molar-refractivity contribution in [3.05, 3.63) is 59.9 Å². The van der Waals surface area contributed by atoms with Crippen LogP contribution in [0.3, 0.4) is 0 Å². The molecule has 0 saturated heterocycles. The number of esters is 1. The molecule has 0 spiro atoms. The summed E-state index contributed by atoms with van der Waals surface area (Å²) in [4.78, 5) is 45.7. The molecule has 180 valence electrons. The molecule has 1 unspecified atom stereocenters. The molecule has 0 fully saturated rings. The standard InChI is InChI=1S/C25H31N5O4/c1-2-34-24(32)15-21(19-9-7-12-26-16-19)30-23(31)17-28-25(33)18-8-6-10-20(14-18)29-22-11-4-3-5-13-27-22/h6-10,12,14,16,21H,2-5,11,13,15,17H2,1H3,(H,27,29)(H,28,33)(H,30,31). The number of hydrogen-bond acceptors (Lipinski definition) is 7. The number of carbonyl (C=O) groups is 3. The van der Waals surface area contributed by atoms with Gasteiger partial charge in [0.25, 0.3) is 5.91 Å². The van der Waals surface area contributed by atoms with Crippen LogP contribution in [0.5, 0.6) is 0 Å². The van der Waals surface area contributed by atoms with Crippen LogP contribution in [0, 0.1) is 0 Å². The second kappa shape index (κ2) is 13.1. The van der Waals surface area contributed by atoms with E-state index in [4.69, 9.17) is 4.74 Å². The maximum Gasteiger partial charge on any atom is 0.308 e. The number of hydrogen-bond donors (Lipinski definition) is 3. The number of nitrogens with zero attached hydrogens (tertiary/aromatic N) is 2. The minimum Gasteiger partial charge on any atom is -0.466 e. The van der Waals surface area contributed by atoms with Crippen LogP contribution in [0.4, 0.5) is 5.69 Å². The highest BCUT2D eigenvalue weighted by Gasteiger charge is 2.20. The highest BCUT2D eigenvalue weighted by Crippen LogP contribution is 2.17. The largest absolute Gasteiger partial charge is 0.466 e. The Morgan fingerprint density at radius 2 is 2.00 bits per heavy atom.